The maximum absolute atomic E-state index is 13.4. The van der Waals surface area contributed by atoms with Crippen LogP contribution >= 0.6 is 11.6 Å². The predicted molar refractivity (Wildman–Crippen MR) is 126 cm³/mol. The van der Waals surface area contributed by atoms with Crippen LogP contribution in [0.5, 0.6) is 11.6 Å². The van der Waals surface area contributed by atoms with Gasteiger partial charge in [0.1, 0.15) is 17.7 Å². The summed E-state index contributed by atoms with van der Waals surface area (Å²) >= 11 is 6.01. The summed E-state index contributed by atoms with van der Waals surface area (Å²) in [6, 6.07) is 15.9. The molecule has 0 fully saturated rings. The lowest BCUT2D eigenvalue weighted by Crippen LogP contribution is -2.28. The summed E-state index contributed by atoms with van der Waals surface area (Å²) in [4.78, 5) is 32.3. The van der Waals surface area contributed by atoms with Crippen LogP contribution in [0.25, 0.3) is 0 Å². The largest absolute Gasteiger partial charge is 0.436 e. The highest BCUT2D eigenvalue weighted by molar-refractivity contribution is 6.30. The number of aromatic nitrogens is 3. The fourth-order valence-corrected chi connectivity index (χ4v) is 3.83. The Morgan fingerprint density at radius 2 is 1.85 bits per heavy atom. The molecule has 0 saturated carbocycles. The lowest BCUT2D eigenvalue weighted by atomic mass is 10.2. The van der Waals surface area contributed by atoms with Crippen molar-refractivity contribution < 1.29 is 14.1 Å². The molecule has 0 bridgehead atoms. The van der Waals surface area contributed by atoms with Crippen LogP contribution in [0.2, 0.25) is 5.02 Å². The van der Waals surface area contributed by atoms with E-state index in [4.69, 9.17) is 20.9 Å². The van der Waals surface area contributed by atoms with E-state index in [1.807, 2.05) is 19.1 Å². The van der Waals surface area contributed by atoms with Gasteiger partial charge in [-0.3, -0.25) is 14.2 Å². The van der Waals surface area contributed by atoms with Crippen LogP contribution in [0.3, 0.4) is 0 Å². The third kappa shape index (κ3) is 4.25. The van der Waals surface area contributed by atoms with Crippen LogP contribution in [0.4, 0.5) is 11.6 Å². The lowest BCUT2D eigenvalue weighted by molar-refractivity contribution is 0.0783. The zero-order valence-electron chi connectivity index (χ0n) is 18.2. The highest BCUT2D eigenvalue weighted by Crippen LogP contribution is 2.25. The fraction of sp³-hybridized carbons (Fsp3) is 0.167. The Balaban J connectivity index is 1.49. The second-order valence-corrected chi connectivity index (χ2v) is 8.13. The van der Waals surface area contributed by atoms with Gasteiger partial charge < -0.3 is 19.5 Å². The van der Waals surface area contributed by atoms with Crippen molar-refractivity contribution in [3.05, 3.63) is 93.1 Å². The molecule has 9 nitrogen and oxygen atoms in total. The van der Waals surface area contributed by atoms with Crippen LogP contribution in [0.15, 0.2) is 70.2 Å². The van der Waals surface area contributed by atoms with Gasteiger partial charge in [0.25, 0.3) is 17.3 Å². The average Bonchev–Trinajstić information content (AvgIpc) is 3.47. The van der Waals surface area contributed by atoms with E-state index < -0.39 is 0 Å². The quantitative estimate of drug-likeness (QED) is 0.419. The van der Waals surface area contributed by atoms with Crippen LogP contribution < -0.4 is 15.6 Å². The molecule has 1 N–H and O–H groups in total. The molecule has 0 radical (unpaired) electrons. The average molecular weight is 478 g/mol. The molecule has 2 aromatic carbocycles. The van der Waals surface area contributed by atoms with Gasteiger partial charge in [-0.05, 0) is 54.0 Å². The van der Waals surface area contributed by atoms with E-state index in [1.165, 1.54) is 10.8 Å². The number of anilines is 2. The molecule has 1 aliphatic rings. The smallest absolute Gasteiger partial charge is 0.273 e. The summed E-state index contributed by atoms with van der Waals surface area (Å²) in [5.74, 6) is 0.938. The van der Waals surface area contributed by atoms with Crippen molar-refractivity contribution in [3.63, 3.8) is 0 Å². The van der Waals surface area contributed by atoms with Crippen molar-refractivity contribution in [3.8, 4) is 11.6 Å². The molecule has 0 aliphatic carbocycles. The van der Waals surface area contributed by atoms with Crippen molar-refractivity contribution in [2.75, 3.05) is 11.9 Å². The monoisotopic (exact) mass is 477 g/mol. The maximum Gasteiger partial charge on any atom is 0.273 e. The van der Waals surface area contributed by atoms with Crippen molar-refractivity contribution in [1.29, 1.82) is 0 Å². The van der Waals surface area contributed by atoms with Gasteiger partial charge >= 0.3 is 0 Å². The SMILES string of the molecule is CCN1Cc2c(nc(Nc3ccc(Oc4ccon4)cc3)n(Cc3ccc(Cl)cc3)c2=O)C1=O. The van der Waals surface area contributed by atoms with E-state index >= 15 is 0 Å². The number of amides is 1. The van der Waals surface area contributed by atoms with Gasteiger partial charge in [-0.2, -0.15) is 0 Å². The second-order valence-electron chi connectivity index (χ2n) is 7.69. The van der Waals surface area contributed by atoms with Crippen molar-refractivity contribution in [2.45, 2.75) is 20.0 Å². The van der Waals surface area contributed by atoms with Gasteiger partial charge in [-0.15, -0.1) is 0 Å². The number of nitrogens with one attached hydrogen (secondary N) is 1. The van der Waals surface area contributed by atoms with Crippen molar-refractivity contribution >= 4 is 29.1 Å². The highest BCUT2D eigenvalue weighted by atomic mass is 35.5. The summed E-state index contributed by atoms with van der Waals surface area (Å²) in [5.41, 5.74) is 1.89. The molecule has 34 heavy (non-hydrogen) atoms. The van der Waals surface area contributed by atoms with E-state index in [2.05, 4.69) is 15.5 Å². The van der Waals surface area contributed by atoms with E-state index in [9.17, 15) is 9.59 Å². The first kappa shape index (κ1) is 21.7. The number of carbonyl (C=O) groups is 1. The molecule has 4 aromatic rings. The van der Waals surface area contributed by atoms with E-state index in [0.29, 0.717) is 34.4 Å². The molecule has 3 heterocycles. The van der Waals surface area contributed by atoms with E-state index in [1.54, 1.807) is 47.4 Å². The Morgan fingerprint density at radius 1 is 1.09 bits per heavy atom. The number of hydrogen-bond donors (Lipinski definition) is 1. The van der Waals surface area contributed by atoms with Gasteiger partial charge in [0.15, 0.2) is 0 Å². The van der Waals surface area contributed by atoms with Crippen molar-refractivity contribution in [1.82, 2.24) is 19.6 Å². The number of rotatable bonds is 7. The molecule has 2 aromatic heterocycles. The predicted octanol–water partition coefficient (Wildman–Crippen LogP) is 4.44. The van der Waals surface area contributed by atoms with Gasteiger partial charge in [0.2, 0.25) is 5.95 Å². The van der Waals surface area contributed by atoms with Gasteiger partial charge in [0, 0.05) is 23.3 Å². The molecule has 172 valence electrons. The Morgan fingerprint density at radius 3 is 2.53 bits per heavy atom. The zero-order chi connectivity index (χ0) is 23.7. The Labute approximate surface area is 199 Å². The van der Waals surface area contributed by atoms with Crippen molar-refractivity contribution in [2.24, 2.45) is 0 Å². The van der Waals surface area contributed by atoms with Crippen LogP contribution in [0, 0.1) is 0 Å². The number of nitrogens with zero attached hydrogens (tertiary/aromatic N) is 4. The molecule has 5 rings (SSSR count). The number of fused-ring (bicyclic) bond motifs is 1. The minimum absolute atomic E-state index is 0.188. The minimum atomic E-state index is -0.252. The molecule has 0 atom stereocenters. The lowest BCUT2D eigenvalue weighted by Gasteiger charge is -2.15. The first-order chi connectivity index (χ1) is 16.5. The Kier molecular flexibility index (Phi) is 5.77. The van der Waals surface area contributed by atoms with Crippen LogP contribution in [-0.4, -0.2) is 32.1 Å². The molecule has 0 spiro atoms. The Hall–Kier alpha value is -4.11. The molecule has 1 aliphatic heterocycles. The molecule has 0 unspecified atom stereocenters. The summed E-state index contributed by atoms with van der Waals surface area (Å²) in [6.45, 7) is 2.90. The second kappa shape index (κ2) is 9.03. The first-order valence-corrected chi connectivity index (χ1v) is 11.0. The van der Waals surface area contributed by atoms with Crippen LogP contribution in [-0.2, 0) is 13.1 Å². The number of halogens is 1. The van der Waals surface area contributed by atoms with E-state index in [0.717, 1.165) is 5.56 Å². The van der Waals surface area contributed by atoms with E-state index in [-0.39, 0.29) is 36.2 Å². The molecule has 10 heteroatoms. The number of benzene rings is 2. The topological polar surface area (TPSA) is 102 Å². The maximum atomic E-state index is 13.4. The molecule has 0 saturated heterocycles. The summed E-state index contributed by atoms with van der Waals surface area (Å²) in [6.07, 6.45) is 1.42. The summed E-state index contributed by atoms with van der Waals surface area (Å²) < 4.78 is 11.9. The molecular formula is C24H20ClN5O4. The van der Waals surface area contributed by atoms with Crippen LogP contribution in [0.1, 0.15) is 28.5 Å². The normalized spacial score (nSPS) is 12.6. The number of hydrogen-bond acceptors (Lipinski definition) is 7. The first-order valence-electron chi connectivity index (χ1n) is 10.6. The third-order valence-electron chi connectivity index (χ3n) is 5.48. The molecule has 1 amide bonds. The standard InChI is InChI=1S/C24H20ClN5O4/c1-2-29-14-19-21(23(29)32)27-24(30(22(19)31)13-15-3-5-16(25)6-4-15)26-17-7-9-18(10-8-17)34-20-11-12-33-28-20/h3-12H,2,13-14H2,1H3,(H,26,27). The number of ether oxygens (including phenoxy) is 1. The van der Waals surface area contributed by atoms with Gasteiger partial charge in [0.05, 0.1) is 18.7 Å². The molecular weight excluding hydrogens is 458 g/mol. The number of carbonyl (C=O) groups excluding carboxylic acids is 1. The summed E-state index contributed by atoms with van der Waals surface area (Å²) in [7, 11) is 0. The fourth-order valence-electron chi connectivity index (χ4n) is 3.71. The minimum Gasteiger partial charge on any atom is -0.436 e. The van der Waals surface area contributed by atoms with Gasteiger partial charge in [-0.25, -0.2) is 4.98 Å². The van der Waals surface area contributed by atoms with Gasteiger partial charge in [-0.1, -0.05) is 23.7 Å². The summed E-state index contributed by atoms with van der Waals surface area (Å²) in [5, 5.41) is 7.51. The third-order valence-corrected chi connectivity index (χ3v) is 5.74. The highest BCUT2D eigenvalue weighted by Gasteiger charge is 2.32. The zero-order valence-corrected chi connectivity index (χ0v) is 19.0. The Bertz CT molecular complexity index is 1380.